The Balaban J connectivity index is 2.64. The van der Waals surface area contributed by atoms with E-state index in [1.54, 1.807) is 18.5 Å². The first kappa shape index (κ1) is 9.13. The van der Waals surface area contributed by atoms with Crippen molar-refractivity contribution in [2.75, 3.05) is 6.61 Å². The highest BCUT2D eigenvalue weighted by Crippen LogP contribution is 2.17. The molecule has 0 atom stereocenters. The first-order chi connectivity index (χ1) is 5.64. The summed E-state index contributed by atoms with van der Waals surface area (Å²) in [5.74, 6) is 0.788. The van der Waals surface area contributed by atoms with E-state index in [1.807, 2.05) is 13.8 Å². The van der Waals surface area contributed by atoms with E-state index in [9.17, 15) is 0 Å². The van der Waals surface area contributed by atoms with Crippen LogP contribution < -0.4 is 0 Å². The van der Waals surface area contributed by atoms with Crippen LogP contribution in [0.3, 0.4) is 0 Å². The normalized spacial score (nSPS) is 11.6. The molecule has 1 heterocycles. The molecule has 0 bridgehead atoms. The van der Waals surface area contributed by atoms with Crippen LogP contribution in [-0.4, -0.2) is 21.7 Å². The lowest BCUT2D eigenvalue weighted by Crippen LogP contribution is -2.20. The van der Waals surface area contributed by atoms with Crippen LogP contribution in [0.2, 0.25) is 0 Å². The van der Waals surface area contributed by atoms with E-state index < -0.39 is 0 Å². The quantitative estimate of drug-likeness (QED) is 0.729. The molecule has 0 aliphatic rings. The minimum atomic E-state index is -0.124. The van der Waals surface area contributed by atoms with Gasteiger partial charge in [-0.1, -0.05) is 13.8 Å². The maximum Gasteiger partial charge on any atom is 0.128 e. The molecule has 66 valence electrons. The van der Waals surface area contributed by atoms with Gasteiger partial charge in [0.25, 0.3) is 0 Å². The lowest BCUT2D eigenvalue weighted by atomic mass is 9.90. The summed E-state index contributed by atoms with van der Waals surface area (Å²) in [6.07, 6.45) is 4.15. The number of hydrogen-bond acceptors (Lipinski definition) is 3. The summed E-state index contributed by atoms with van der Waals surface area (Å²) in [5.41, 5.74) is -0.124. The van der Waals surface area contributed by atoms with Crippen LogP contribution >= 0.6 is 0 Å². The Morgan fingerprint density at radius 1 is 1.33 bits per heavy atom. The molecule has 0 amide bonds. The maximum atomic E-state index is 9.00. The van der Waals surface area contributed by atoms with Crippen LogP contribution in [0.4, 0.5) is 0 Å². The van der Waals surface area contributed by atoms with Crippen molar-refractivity contribution in [2.45, 2.75) is 20.3 Å². The lowest BCUT2D eigenvalue weighted by Gasteiger charge is -2.19. The van der Waals surface area contributed by atoms with Crippen molar-refractivity contribution in [3.63, 3.8) is 0 Å². The zero-order valence-corrected chi connectivity index (χ0v) is 7.49. The molecule has 12 heavy (non-hydrogen) atoms. The highest BCUT2D eigenvalue weighted by atomic mass is 16.3. The topological polar surface area (TPSA) is 46.0 Å². The van der Waals surface area contributed by atoms with Crippen LogP contribution in [0, 0.1) is 5.41 Å². The van der Waals surface area contributed by atoms with E-state index in [1.165, 1.54) is 0 Å². The van der Waals surface area contributed by atoms with Gasteiger partial charge < -0.3 is 5.11 Å². The van der Waals surface area contributed by atoms with Crippen molar-refractivity contribution >= 4 is 0 Å². The standard InChI is InChI=1S/C9H14N2O/c1-9(2,7-12)6-8-10-4-3-5-11-8/h3-5,12H,6-7H2,1-2H3. The van der Waals surface area contributed by atoms with Gasteiger partial charge >= 0.3 is 0 Å². The van der Waals surface area contributed by atoms with Crippen LogP contribution in [-0.2, 0) is 6.42 Å². The van der Waals surface area contributed by atoms with E-state index in [2.05, 4.69) is 9.97 Å². The number of aliphatic hydroxyl groups excluding tert-OH is 1. The molecule has 0 aliphatic heterocycles. The summed E-state index contributed by atoms with van der Waals surface area (Å²) in [6.45, 7) is 4.14. The molecule has 1 aromatic heterocycles. The largest absolute Gasteiger partial charge is 0.396 e. The minimum Gasteiger partial charge on any atom is -0.396 e. The van der Waals surface area contributed by atoms with Crippen LogP contribution in [0.1, 0.15) is 19.7 Å². The molecule has 0 radical (unpaired) electrons. The number of rotatable bonds is 3. The summed E-state index contributed by atoms with van der Waals surface area (Å²) in [5, 5.41) is 9.00. The van der Waals surface area contributed by atoms with Crippen LogP contribution in [0.15, 0.2) is 18.5 Å². The van der Waals surface area contributed by atoms with E-state index in [0.29, 0.717) is 6.42 Å². The molecule has 3 nitrogen and oxygen atoms in total. The van der Waals surface area contributed by atoms with Gasteiger partial charge in [0.1, 0.15) is 5.82 Å². The fraction of sp³-hybridized carbons (Fsp3) is 0.556. The third kappa shape index (κ3) is 2.58. The molecule has 0 fully saturated rings. The van der Waals surface area contributed by atoms with Gasteiger partial charge in [-0.3, -0.25) is 0 Å². The predicted octanol–water partition coefficient (Wildman–Crippen LogP) is 1.04. The molecule has 3 heteroatoms. The van der Waals surface area contributed by atoms with Gasteiger partial charge in [-0.2, -0.15) is 0 Å². The van der Waals surface area contributed by atoms with Gasteiger partial charge in [0.05, 0.1) is 0 Å². The summed E-state index contributed by atoms with van der Waals surface area (Å²) < 4.78 is 0. The smallest absolute Gasteiger partial charge is 0.128 e. The molecule has 0 saturated heterocycles. The van der Waals surface area contributed by atoms with Crippen molar-refractivity contribution in [3.8, 4) is 0 Å². The molecular weight excluding hydrogens is 152 g/mol. The van der Waals surface area contributed by atoms with E-state index >= 15 is 0 Å². The van der Waals surface area contributed by atoms with Crippen molar-refractivity contribution in [2.24, 2.45) is 5.41 Å². The monoisotopic (exact) mass is 166 g/mol. The fourth-order valence-electron chi connectivity index (χ4n) is 0.905. The molecule has 0 saturated carbocycles. The Morgan fingerprint density at radius 3 is 2.42 bits per heavy atom. The van der Waals surface area contributed by atoms with Crippen molar-refractivity contribution in [1.29, 1.82) is 0 Å². The second-order valence-electron chi connectivity index (χ2n) is 3.66. The second-order valence-corrected chi connectivity index (χ2v) is 3.66. The molecule has 1 rings (SSSR count). The summed E-state index contributed by atoms with van der Waals surface area (Å²) in [4.78, 5) is 8.18. The summed E-state index contributed by atoms with van der Waals surface area (Å²) in [6, 6.07) is 1.79. The lowest BCUT2D eigenvalue weighted by molar-refractivity contribution is 0.157. The minimum absolute atomic E-state index is 0.124. The zero-order valence-electron chi connectivity index (χ0n) is 7.49. The molecule has 1 N–H and O–H groups in total. The molecule has 0 aromatic carbocycles. The number of aromatic nitrogens is 2. The highest BCUT2D eigenvalue weighted by Gasteiger charge is 2.18. The van der Waals surface area contributed by atoms with Gasteiger partial charge in [-0.25, -0.2) is 9.97 Å². The average molecular weight is 166 g/mol. The molecule has 0 unspecified atom stereocenters. The molecular formula is C9H14N2O. The molecule has 1 aromatic rings. The van der Waals surface area contributed by atoms with Crippen LogP contribution in [0.25, 0.3) is 0 Å². The second kappa shape index (κ2) is 3.63. The molecule has 0 spiro atoms. The fourth-order valence-corrected chi connectivity index (χ4v) is 0.905. The number of hydrogen-bond donors (Lipinski definition) is 1. The average Bonchev–Trinajstić information content (AvgIpc) is 2.06. The van der Waals surface area contributed by atoms with Crippen LogP contribution in [0.5, 0.6) is 0 Å². The number of aliphatic hydroxyl groups is 1. The van der Waals surface area contributed by atoms with E-state index in [4.69, 9.17) is 5.11 Å². The van der Waals surface area contributed by atoms with Crippen molar-refractivity contribution in [3.05, 3.63) is 24.3 Å². The van der Waals surface area contributed by atoms with E-state index in [0.717, 1.165) is 5.82 Å². The third-order valence-corrected chi connectivity index (χ3v) is 1.68. The Hall–Kier alpha value is -0.960. The predicted molar refractivity (Wildman–Crippen MR) is 46.6 cm³/mol. The Labute approximate surface area is 72.5 Å². The van der Waals surface area contributed by atoms with Gasteiger partial charge in [0.15, 0.2) is 0 Å². The maximum absolute atomic E-state index is 9.00. The van der Waals surface area contributed by atoms with Crippen molar-refractivity contribution < 1.29 is 5.11 Å². The zero-order chi connectivity index (χ0) is 9.03. The van der Waals surface area contributed by atoms with Gasteiger partial charge in [-0.15, -0.1) is 0 Å². The highest BCUT2D eigenvalue weighted by molar-refractivity contribution is 4.92. The molecule has 0 aliphatic carbocycles. The Morgan fingerprint density at radius 2 is 1.92 bits per heavy atom. The van der Waals surface area contributed by atoms with Gasteiger partial charge in [0, 0.05) is 25.4 Å². The van der Waals surface area contributed by atoms with E-state index in [-0.39, 0.29) is 12.0 Å². The van der Waals surface area contributed by atoms with Gasteiger partial charge in [0.2, 0.25) is 0 Å². The first-order valence-electron chi connectivity index (χ1n) is 4.01. The number of nitrogens with zero attached hydrogens (tertiary/aromatic N) is 2. The first-order valence-corrected chi connectivity index (χ1v) is 4.01. The Kier molecular flexibility index (Phi) is 2.76. The van der Waals surface area contributed by atoms with Crippen molar-refractivity contribution in [1.82, 2.24) is 9.97 Å². The Bertz CT molecular complexity index is 234. The summed E-state index contributed by atoms with van der Waals surface area (Å²) >= 11 is 0. The SMILES string of the molecule is CC(C)(CO)Cc1ncccn1. The summed E-state index contributed by atoms with van der Waals surface area (Å²) in [7, 11) is 0. The van der Waals surface area contributed by atoms with Gasteiger partial charge in [-0.05, 0) is 11.5 Å². The third-order valence-electron chi connectivity index (χ3n) is 1.68.